The fraction of sp³-hybridized carbons (Fsp3) is 0.500. The second-order valence-corrected chi connectivity index (χ2v) is 4.51. The lowest BCUT2D eigenvalue weighted by Crippen LogP contribution is -2.50. The Hall–Kier alpha value is -1.62. The van der Waals surface area contributed by atoms with E-state index in [1.54, 1.807) is 6.07 Å². The van der Waals surface area contributed by atoms with Gasteiger partial charge in [-0.1, -0.05) is 12.8 Å². The minimum atomic E-state index is -0.542. The van der Waals surface area contributed by atoms with Crippen LogP contribution < -0.4 is 10.9 Å². The summed E-state index contributed by atoms with van der Waals surface area (Å²) in [6.07, 6.45) is 4.99. The van der Waals surface area contributed by atoms with Crippen LogP contribution in [0.3, 0.4) is 0 Å². The highest BCUT2D eigenvalue weighted by molar-refractivity contribution is 5.94. The molecular formula is C12H16N2O3. The number of nitrogens with one attached hydrogen (secondary N) is 2. The van der Waals surface area contributed by atoms with Crippen LogP contribution >= 0.6 is 0 Å². The van der Waals surface area contributed by atoms with Gasteiger partial charge < -0.3 is 15.4 Å². The van der Waals surface area contributed by atoms with Crippen molar-refractivity contribution in [2.24, 2.45) is 0 Å². The highest BCUT2D eigenvalue weighted by atomic mass is 16.3. The van der Waals surface area contributed by atoms with E-state index in [2.05, 4.69) is 10.3 Å². The molecule has 1 aliphatic rings. The lowest BCUT2D eigenvalue weighted by molar-refractivity contribution is 0.0837. The molecule has 1 fully saturated rings. The van der Waals surface area contributed by atoms with Gasteiger partial charge in [-0.05, 0) is 25.0 Å². The van der Waals surface area contributed by atoms with Crippen LogP contribution in [0, 0.1) is 0 Å². The number of H-pyrrole nitrogens is 1. The largest absolute Gasteiger partial charge is 0.394 e. The zero-order valence-electron chi connectivity index (χ0n) is 9.53. The number of amides is 1. The van der Waals surface area contributed by atoms with Crippen molar-refractivity contribution in [2.75, 3.05) is 6.61 Å². The van der Waals surface area contributed by atoms with Gasteiger partial charge in [0.1, 0.15) is 5.56 Å². The molecule has 17 heavy (non-hydrogen) atoms. The van der Waals surface area contributed by atoms with Crippen molar-refractivity contribution in [1.29, 1.82) is 0 Å². The van der Waals surface area contributed by atoms with Gasteiger partial charge in [-0.25, -0.2) is 0 Å². The van der Waals surface area contributed by atoms with Gasteiger partial charge in [0.2, 0.25) is 0 Å². The molecule has 2 rings (SSSR count). The third-order valence-electron chi connectivity index (χ3n) is 3.30. The van der Waals surface area contributed by atoms with Gasteiger partial charge in [-0.15, -0.1) is 0 Å². The average Bonchev–Trinajstić information content (AvgIpc) is 2.79. The summed E-state index contributed by atoms with van der Waals surface area (Å²) in [4.78, 5) is 25.8. The Morgan fingerprint density at radius 1 is 1.47 bits per heavy atom. The first kappa shape index (κ1) is 11.9. The lowest BCUT2D eigenvalue weighted by atomic mass is 9.98. The van der Waals surface area contributed by atoms with E-state index in [9.17, 15) is 14.7 Å². The fourth-order valence-electron chi connectivity index (χ4n) is 2.28. The highest BCUT2D eigenvalue weighted by Crippen LogP contribution is 2.29. The summed E-state index contributed by atoms with van der Waals surface area (Å²) in [6.45, 7) is -0.0799. The van der Waals surface area contributed by atoms with E-state index in [1.165, 1.54) is 12.3 Å². The van der Waals surface area contributed by atoms with E-state index < -0.39 is 17.0 Å². The lowest BCUT2D eigenvalue weighted by Gasteiger charge is -2.27. The van der Waals surface area contributed by atoms with Crippen molar-refractivity contribution < 1.29 is 9.90 Å². The molecule has 92 valence electrons. The molecule has 0 spiro atoms. The summed E-state index contributed by atoms with van der Waals surface area (Å²) < 4.78 is 0. The molecule has 0 aromatic carbocycles. The predicted octanol–water partition coefficient (Wildman–Crippen LogP) is 0.410. The van der Waals surface area contributed by atoms with Gasteiger partial charge in [0.15, 0.2) is 0 Å². The number of aliphatic hydroxyl groups excluding tert-OH is 1. The van der Waals surface area contributed by atoms with Crippen LogP contribution in [0.15, 0.2) is 23.1 Å². The van der Waals surface area contributed by atoms with Crippen molar-refractivity contribution in [3.8, 4) is 0 Å². The van der Waals surface area contributed by atoms with Crippen molar-refractivity contribution >= 4 is 5.91 Å². The molecule has 0 atom stereocenters. The Labute approximate surface area is 98.9 Å². The van der Waals surface area contributed by atoms with Crippen LogP contribution in [0.5, 0.6) is 0 Å². The predicted molar refractivity (Wildman–Crippen MR) is 62.8 cm³/mol. The molecule has 0 radical (unpaired) electrons. The quantitative estimate of drug-likeness (QED) is 0.711. The Morgan fingerprint density at radius 2 is 2.18 bits per heavy atom. The Morgan fingerprint density at radius 3 is 2.76 bits per heavy atom. The number of aromatic amines is 1. The third-order valence-corrected chi connectivity index (χ3v) is 3.30. The standard InChI is InChI=1S/C12H16N2O3/c15-8-12(5-1-2-6-12)14-11(17)9-4-3-7-13-10(9)16/h3-4,7,15H,1-2,5-6,8H2,(H,13,16)(H,14,17). The summed E-state index contributed by atoms with van der Waals surface area (Å²) in [5.41, 5.74) is -0.859. The maximum Gasteiger partial charge on any atom is 0.260 e. The maximum absolute atomic E-state index is 11.9. The number of hydrogen-bond acceptors (Lipinski definition) is 3. The topological polar surface area (TPSA) is 82.2 Å². The molecule has 0 bridgehead atoms. The smallest absolute Gasteiger partial charge is 0.260 e. The minimum Gasteiger partial charge on any atom is -0.394 e. The molecule has 0 aliphatic heterocycles. The van der Waals surface area contributed by atoms with Gasteiger partial charge in [0.25, 0.3) is 11.5 Å². The van der Waals surface area contributed by atoms with Crippen molar-refractivity contribution in [3.63, 3.8) is 0 Å². The third kappa shape index (κ3) is 2.39. The van der Waals surface area contributed by atoms with Crippen molar-refractivity contribution in [1.82, 2.24) is 10.3 Å². The molecule has 1 aromatic rings. The summed E-state index contributed by atoms with van der Waals surface area (Å²) in [6, 6.07) is 3.09. The molecule has 1 amide bonds. The van der Waals surface area contributed by atoms with E-state index in [0.29, 0.717) is 0 Å². The van der Waals surface area contributed by atoms with E-state index >= 15 is 0 Å². The second-order valence-electron chi connectivity index (χ2n) is 4.51. The van der Waals surface area contributed by atoms with E-state index in [4.69, 9.17) is 0 Å². The molecule has 0 unspecified atom stereocenters. The van der Waals surface area contributed by atoms with E-state index in [0.717, 1.165) is 25.7 Å². The number of pyridine rings is 1. The van der Waals surface area contributed by atoms with Gasteiger partial charge in [0, 0.05) is 6.20 Å². The first-order chi connectivity index (χ1) is 8.17. The molecule has 1 aromatic heterocycles. The molecule has 1 heterocycles. The molecule has 0 saturated heterocycles. The van der Waals surface area contributed by atoms with Crippen LogP contribution in [0.1, 0.15) is 36.0 Å². The molecular weight excluding hydrogens is 220 g/mol. The van der Waals surface area contributed by atoms with Gasteiger partial charge in [-0.3, -0.25) is 9.59 Å². The normalized spacial score (nSPS) is 17.9. The van der Waals surface area contributed by atoms with Crippen LogP contribution in [-0.2, 0) is 0 Å². The van der Waals surface area contributed by atoms with Crippen molar-refractivity contribution in [2.45, 2.75) is 31.2 Å². The van der Waals surface area contributed by atoms with Gasteiger partial charge in [0.05, 0.1) is 12.1 Å². The number of aromatic nitrogens is 1. The zero-order valence-corrected chi connectivity index (χ0v) is 9.53. The van der Waals surface area contributed by atoms with Gasteiger partial charge in [-0.2, -0.15) is 0 Å². The minimum absolute atomic E-state index is 0.0799. The Kier molecular flexibility index (Phi) is 3.28. The van der Waals surface area contributed by atoms with Crippen molar-refractivity contribution in [3.05, 3.63) is 34.2 Å². The van der Waals surface area contributed by atoms with Crippen LogP contribution in [0.4, 0.5) is 0 Å². The summed E-state index contributed by atoms with van der Waals surface area (Å²) in [5.74, 6) is -0.414. The number of rotatable bonds is 3. The number of hydrogen-bond donors (Lipinski definition) is 3. The average molecular weight is 236 g/mol. The van der Waals surface area contributed by atoms with Gasteiger partial charge >= 0.3 is 0 Å². The van der Waals surface area contributed by atoms with E-state index in [-0.39, 0.29) is 12.2 Å². The second kappa shape index (κ2) is 4.71. The monoisotopic (exact) mass is 236 g/mol. The number of carbonyl (C=O) groups excluding carboxylic acids is 1. The Bertz CT molecular complexity index is 461. The molecule has 5 nitrogen and oxygen atoms in total. The molecule has 1 saturated carbocycles. The first-order valence-electron chi connectivity index (χ1n) is 5.78. The highest BCUT2D eigenvalue weighted by Gasteiger charge is 2.35. The number of carbonyl (C=O) groups is 1. The van der Waals surface area contributed by atoms with E-state index in [1.807, 2.05) is 0 Å². The fourth-order valence-corrected chi connectivity index (χ4v) is 2.28. The summed E-state index contributed by atoms with van der Waals surface area (Å²) in [5, 5.41) is 12.2. The summed E-state index contributed by atoms with van der Waals surface area (Å²) in [7, 11) is 0. The molecule has 5 heteroatoms. The Balaban J connectivity index is 2.17. The number of aliphatic hydroxyl groups is 1. The zero-order chi connectivity index (χ0) is 12.3. The summed E-state index contributed by atoms with van der Waals surface area (Å²) >= 11 is 0. The van der Waals surface area contributed by atoms with Crippen LogP contribution in [0.2, 0.25) is 0 Å². The molecule has 1 aliphatic carbocycles. The molecule has 3 N–H and O–H groups in total. The maximum atomic E-state index is 11.9. The SMILES string of the molecule is O=C(NC1(CO)CCCC1)c1ccc[nH]c1=O. The first-order valence-corrected chi connectivity index (χ1v) is 5.78. The van der Waals surface area contributed by atoms with Crippen LogP contribution in [0.25, 0.3) is 0 Å². The van der Waals surface area contributed by atoms with Crippen LogP contribution in [-0.4, -0.2) is 28.1 Å².